The number of nitrogens with one attached hydrogen (secondary N) is 1. The zero-order chi connectivity index (χ0) is 16.5. The van der Waals surface area contributed by atoms with Gasteiger partial charge in [0.05, 0.1) is 12.5 Å². The SMILES string of the molecule is Cn1cc(CC(=O)NC2CCCc3ccccc32)c2ccccc21. The molecule has 0 aliphatic heterocycles. The second-order valence-corrected chi connectivity index (χ2v) is 6.67. The maximum atomic E-state index is 12.6. The summed E-state index contributed by atoms with van der Waals surface area (Å²) in [5.41, 5.74) is 4.92. The molecule has 0 saturated heterocycles. The normalized spacial score (nSPS) is 16.8. The van der Waals surface area contributed by atoms with E-state index in [-0.39, 0.29) is 11.9 Å². The summed E-state index contributed by atoms with van der Waals surface area (Å²) in [6.45, 7) is 0. The third-order valence-corrected chi connectivity index (χ3v) is 5.04. The Morgan fingerprint density at radius 3 is 2.88 bits per heavy atom. The van der Waals surface area contributed by atoms with Gasteiger partial charge in [-0.2, -0.15) is 0 Å². The van der Waals surface area contributed by atoms with Crippen molar-refractivity contribution in [1.82, 2.24) is 9.88 Å². The molecule has 0 bridgehead atoms. The average molecular weight is 318 g/mol. The number of carbonyl (C=O) groups is 1. The second-order valence-electron chi connectivity index (χ2n) is 6.67. The van der Waals surface area contributed by atoms with E-state index in [1.165, 1.54) is 22.0 Å². The smallest absolute Gasteiger partial charge is 0.224 e. The number of hydrogen-bond acceptors (Lipinski definition) is 1. The van der Waals surface area contributed by atoms with E-state index in [4.69, 9.17) is 0 Å². The average Bonchev–Trinajstić information content (AvgIpc) is 2.91. The van der Waals surface area contributed by atoms with Crippen LogP contribution in [0.5, 0.6) is 0 Å². The van der Waals surface area contributed by atoms with Crippen LogP contribution in [-0.2, 0) is 24.7 Å². The summed E-state index contributed by atoms with van der Waals surface area (Å²) < 4.78 is 2.09. The fraction of sp³-hybridized carbons (Fsp3) is 0.286. The molecule has 0 radical (unpaired) electrons. The molecule has 1 amide bonds. The minimum absolute atomic E-state index is 0.105. The maximum Gasteiger partial charge on any atom is 0.224 e. The Kier molecular flexibility index (Phi) is 3.85. The van der Waals surface area contributed by atoms with Gasteiger partial charge in [0.15, 0.2) is 0 Å². The molecular weight excluding hydrogens is 296 g/mol. The van der Waals surface area contributed by atoms with Gasteiger partial charge >= 0.3 is 0 Å². The summed E-state index contributed by atoms with van der Waals surface area (Å²) in [7, 11) is 2.03. The van der Waals surface area contributed by atoms with E-state index in [9.17, 15) is 4.79 Å². The molecule has 122 valence electrons. The highest BCUT2D eigenvalue weighted by atomic mass is 16.1. The molecule has 0 fully saturated rings. The van der Waals surface area contributed by atoms with Crippen LogP contribution in [0.1, 0.15) is 35.6 Å². The lowest BCUT2D eigenvalue weighted by Gasteiger charge is -2.26. The van der Waals surface area contributed by atoms with Crippen molar-refractivity contribution in [1.29, 1.82) is 0 Å². The summed E-state index contributed by atoms with van der Waals surface area (Å²) in [5.74, 6) is 0.105. The fourth-order valence-corrected chi connectivity index (χ4v) is 3.89. The Labute approximate surface area is 142 Å². The Balaban J connectivity index is 1.53. The molecule has 3 aromatic rings. The maximum absolute atomic E-state index is 12.6. The molecule has 1 aromatic heterocycles. The monoisotopic (exact) mass is 318 g/mol. The number of amides is 1. The number of hydrogen-bond donors (Lipinski definition) is 1. The molecule has 0 spiro atoms. The van der Waals surface area contributed by atoms with Crippen LogP contribution in [0.2, 0.25) is 0 Å². The Morgan fingerprint density at radius 2 is 1.96 bits per heavy atom. The summed E-state index contributed by atoms with van der Waals surface area (Å²) in [6.07, 6.45) is 5.78. The van der Waals surface area contributed by atoms with Crippen LogP contribution < -0.4 is 5.32 Å². The zero-order valence-electron chi connectivity index (χ0n) is 14.0. The lowest BCUT2D eigenvalue weighted by Crippen LogP contribution is -2.32. The van der Waals surface area contributed by atoms with Crippen LogP contribution in [0.15, 0.2) is 54.7 Å². The van der Waals surface area contributed by atoms with Gasteiger partial charge in [0.2, 0.25) is 5.91 Å². The van der Waals surface area contributed by atoms with E-state index in [0.29, 0.717) is 6.42 Å². The van der Waals surface area contributed by atoms with Crippen LogP contribution in [0, 0.1) is 0 Å². The van der Waals surface area contributed by atoms with E-state index >= 15 is 0 Å². The summed E-state index contributed by atoms with van der Waals surface area (Å²) >= 11 is 0. The molecule has 1 aliphatic rings. The van der Waals surface area contributed by atoms with Crippen molar-refractivity contribution in [2.45, 2.75) is 31.7 Å². The van der Waals surface area contributed by atoms with Gasteiger partial charge in [-0.15, -0.1) is 0 Å². The van der Waals surface area contributed by atoms with Crippen molar-refractivity contribution in [3.63, 3.8) is 0 Å². The first-order chi connectivity index (χ1) is 11.7. The first kappa shape index (κ1) is 15.0. The van der Waals surface area contributed by atoms with Gasteiger partial charge in [-0.25, -0.2) is 0 Å². The topological polar surface area (TPSA) is 34.0 Å². The van der Waals surface area contributed by atoms with Crippen LogP contribution in [0.25, 0.3) is 10.9 Å². The van der Waals surface area contributed by atoms with Crippen molar-refractivity contribution >= 4 is 16.8 Å². The first-order valence-electron chi connectivity index (χ1n) is 8.62. The van der Waals surface area contributed by atoms with Gasteiger partial charge in [-0.3, -0.25) is 4.79 Å². The second kappa shape index (κ2) is 6.16. The van der Waals surface area contributed by atoms with Crippen molar-refractivity contribution in [3.8, 4) is 0 Å². The molecule has 3 heteroatoms. The Morgan fingerprint density at radius 1 is 1.17 bits per heavy atom. The first-order valence-corrected chi connectivity index (χ1v) is 8.62. The zero-order valence-corrected chi connectivity index (χ0v) is 14.0. The predicted octanol–water partition coefficient (Wildman–Crippen LogP) is 3.91. The third-order valence-electron chi connectivity index (χ3n) is 5.04. The minimum atomic E-state index is 0.105. The fourth-order valence-electron chi connectivity index (χ4n) is 3.89. The standard InChI is InChI=1S/C21H22N2O/c1-23-14-16(18-10-4-5-12-20(18)23)13-21(24)22-19-11-6-8-15-7-2-3-9-17(15)19/h2-5,7,9-10,12,14,19H,6,8,11,13H2,1H3,(H,22,24). The highest BCUT2D eigenvalue weighted by molar-refractivity contribution is 5.89. The lowest BCUT2D eigenvalue weighted by molar-refractivity contribution is -0.121. The molecule has 2 aromatic carbocycles. The van der Waals surface area contributed by atoms with Crippen molar-refractivity contribution in [3.05, 3.63) is 71.4 Å². The van der Waals surface area contributed by atoms with Crippen LogP contribution in [-0.4, -0.2) is 10.5 Å². The molecule has 1 unspecified atom stereocenters. The van der Waals surface area contributed by atoms with Crippen molar-refractivity contribution in [2.75, 3.05) is 0 Å². The Bertz CT molecular complexity index is 894. The van der Waals surface area contributed by atoms with Gasteiger partial charge in [-0.1, -0.05) is 42.5 Å². The molecule has 1 N–H and O–H groups in total. The van der Waals surface area contributed by atoms with Gasteiger partial charge < -0.3 is 9.88 Å². The molecule has 1 heterocycles. The Hall–Kier alpha value is -2.55. The number of carbonyl (C=O) groups excluding carboxylic acids is 1. The number of benzene rings is 2. The van der Waals surface area contributed by atoms with Gasteiger partial charge in [0.25, 0.3) is 0 Å². The van der Waals surface area contributed by atoms with Crippen molar-refractivity contribution < 1.29 is 4.79 Å². The lowest BCUT2D eigenvalue weighted by atomic mass is 9.87. The molecule has 4 rings (SSSR count). The quantitative estimate of drug-likeness (QED) is 0.780. The number of nitrogens with zero attached hydrogens (tertiary/aromatic N) is 1. The van der Waals surface area contributed by atoms with Crippen LogP contribution in [0.3, 0.4) is 0 Å². The van der Waals surface area contributed by atoms with E-state index in [1.807, 2.05) is 19.2 Å². The third kappa shape index (κ3) is 2.71. The number of rotatable bonds is 3. The molecule has 0 saturated carbocycles. The van der Waals surface area contributed by atoms with E-state index in [2.05, 4.69) is 52.5 Å². The molecule has 3 nitrogen and oxygen atoms in total. The highest BCUT2D eigenvalue weighted by Gasteiger charge is 2.21. The van der Waals surface area contributed by atoms with Gasteiger partial charge in [0.1, 0.15) is 0 Å². The van der Waals surface area contributed by atoms with Crippen molar-refractivity contribution in [2.24, 2.45) is 7.05 Å². The summed E-state index contributed by atoms with van der Waals surface area (Å²) in [4.78, 5) is 12.6. The largest absolute Gasteiger partial charge is 0.350 e. The summed E-state index contributed by atoms with van der Waals surface area (Å²) in [6, 6.07) is 16.9. The van der Waals surface area contributed by atoms with Gasteiger partial charge in [-0.05, 0) is 42.0 Å². The molecular formula is C21H22N2O. The van der Waals surface area contributed by atoms with Crippen LogP contribution in [0.4, 0.5) is 0 Å². The predicted molar refractivity (Wildman–Crippen MR) is 96.9 cm³/mol. The van der Waals surface area contributed by atoms with E-state index in [1.54, 1.807) is 0 Å². The molecule has 24 heavy (non-hydrogen) atoms. The number of aromatic nitrogens is 1. The molecule has 1 aliphatic carbocycles. The van der Waals surface area contributed by atoms with E-state index in [0.717, 1.165) is 24.8 Å². The summed E-state index contributed by atoms with van der Waals surface area (Å²) in [5, 5.41) is 4.42. The van der Waals surface area contributed by atoms with Gasteiger partial charge in [0, 0.05) is 24.1 Å². The number of aryl methyl sites for hydroxylation is 2. The molecule has 1 atom stereocenters. The van der Waals surface area contributed by atoms with Crippen LogP contribution >= 0.6 is 0 Å². The number of para-hydroxylation sites is 1. The minimum Gasteiger partial charge on any atom is -0.350 e. The highest BCUT2D eigenvalue weighted by Crippen LogP contribution is 2.29. The van der Waals surface area contributed by atoms with E-state index < -0.39 is 0 Å². The number of fused-ring (bicyclic) bond motifs is 2.